The number of fused-ring (bicyclic) bond motifs is 2. The van der Waals surface area contributed by atoms with Crippen LogP contribution >= 0.6 is 0 Å². The number of furan rings is 1. The highest BCUT2D eigenvalue weighted by Gasteiger charge is 2.36. The molecule has 12 nitrogen and oxygen atoms in total. The van der Waals surface area contributed by atoms with Crippen LogP contribution in [0.5, 0.6) is 0 Å². The van der Waals surface area contributed by atoms with Gasteiger partial charge < -0.3 is 24.7 Å². The fourth-order valence-corrected chi connectivity index (χ4v) is 5.52. The number of carbonyl (C=O) groups excluding carboxylic acids is 2. The number of primary amides is 1. The van der Waals surface area contributed by atoms with Gasteiger partial charge in [-0.3, -0.25) is 19.1 Å². The van der Waals surface area contributed by atoms with Crippen molar-refractivity contribution in [2.24, 2.45) is 5.73 Å². The van der Waals surface area contributed by atoms with Gasteiger partial charge in [0, 0.05) is 51.3 Å². The van der Waals surface area contributed by atoms with E-state index in [-0.39, 0.29) is 23.5 Å². The Morgan fingerprint density at radius 2 is 1.66 bits per heavy atom. The molecule has 12 heteroatoms. The van der Waals surface area contributed by atoms with E-state index >= 15 is 0 Å². The van der Waals surface area contributed by atoms with Crippen LogP contribution in [0.25, 0.3) is 28.1 Å². The number of benzene rings is 1. The van der Waals surface area contributed by atoms with Crippen LogP contribution in [0.4, 0.5) is 5.82 Å². The highest BCUT2D eigenvalue weighted by Crippen LogP contribution is 2.32. The second-order valence-electron chi connectivity index (χ2n) is 11.4. The lowest BCUT2D eigenvalue weighted by Gasteiger charge is -2.42. The topological polar surface area (TPSA) is 136 Å². The molecule has 3 aromatic heterocycles. The zero-order valence-electron chi connectivity index (χ0n) is 24.0. The maximum Gasteiger partial charge on any atom is 0.289 e. The molecule has 0 bridgehead atoms. The highest BCUT2D eigenvalue weighted by molar-refractivity contribution is 5.97. The number of morpholine rings is 1. The van der Waals surface area contributed by atoms with Crippen molar-refractivity contribution in [3.8, 4) is 5.95 Å². The molecule has 2 fully saturated rings. The van der Waals surface area contributed by atoms with E-state index in [0.29, 0.717) is 75.3 Å². The van der Waals surface area contributed by atoms with Gasteiger partial charge in [0.2, 0.25) is 11.9 Å². The molecule has 2 saturated heterocycles. The zero-order valence-corrected chi connectivity index (χ0v) is 24.0. The average molecular weight is 561 g/mol. The predicted octanol–water partition coefficient (Wildman–Crippen LogP) is 2.54. The molecule has 0 saturated carbocycles. The summed E-state index contributed by atoms with van der Waals surface area (Å²) in [6.07, 6.45) is 0. The number of hydrogen-bond acceptors (Lipinski definition) is 9. The summed E-state index contributed by atoms with van der Waals surface area (Å²) in [7, 11) is 0. The Bertz CT molecular complexity index is 1610. The first-order valence-electron chi connectivity index (χ1n) is 14.1. The number of amides is 2. The van der Waals surface area contributed by atoms with Crippen molar-refractivity contribution >= 4 is 39.8 Å². The molecule has 1 aromatic carbocycles. The molecule has 2 aliphatic rings. The third-order valence-corrected chi connectivity index (χ3v) is 8.13. The molecule has 0 atom stereocenters. The number of carbonyl (C=O) groups is 2. The van der Waals surface area contributed by atoms with Crippen molar-refractivity contribution < 1.29 is 18.7 Å². The molecule has 2 aliphatic heterocycles. The lowest BCUT2D eigenvalue weighted by Crippen LogP contribution is -2.60. The molecule has 41 heavy (non-hydrogen) atoms. The fourth-order valence-electron chi connectivity index (χ4n) is 5.52. The van der Waals surface area contributed by atoms with Crippen molar-refractivity contribution in [1.82, 2.24) is 29.3 Å². The quantitative estimate of drug-likeness (QED) is 0.377. The Labute approximate surface area is 238 Å². The monoisotopic (exact) mass is 560 g/mol. The lowest BCUT2D eigenvalue weighted by molar-refractivity contribution is -0.129. The van der Waals surface area contributed by atoms with Gasteiger partial charge in [-0.25, -0.2) is 9.97 Å². The molecule has 0 radical (unpaired) electrons. The Hall–Kier alpha value is -4.03. The maximum absolute atomic E-state index is 13.6. The molecule has 216 valence electrons. The van der Waals surface area contributed by atoms with Gasteiger partial charge in [0.15, 0.2) is 17.2 Å². The molecule has 0 spiro atoms. The van der Waals surface area contributed by atoms with Crippen molar-refractivity contribution in [2.75, 3.05) is 57.4 Å². The van der Waals surface area contributed by atoms with Gasteiger partial charge in [-0.1, -0.05) is 26.0 Å². The second-order valence-corrected chi connectivity index (χ2v) is 11.4. The Balaban J connectivity index is 1.39. The normalized spacial score (nSPS) is 17.2. The van der Waals surface area contributed by atoms with E-state index in [0.717, 1.165) is 16.9 Å². The Kier molecular flexibility index (Phi) is 6.90. The number of rotatable bonds is 6. The molecule has 6 rings (SSSR count). The van der Waals surface area contributed by atoms with Crippen LogP contribution in [-0.2, 0) is 9.53 Å². The number of nitrogens with zero attached hydrogens (tertiary/aromatic N) is 7. The highest BCUT2D eigenvalue weighted by atomic mass is 16.5. The first-order chi connectivity index (χ1) is 19.6. The van der Waals surface area contributed by atoms with Crippen molar-refractivity contribution in [1.29, 1.82) is 0 Å². The van der Waals surface area contributed by atoms with Gasteiger partial charge >= 0.3 is 0 Å². The van der Waals surface area contributed by atoms with E-state index in [1.165, 1.54) is 0 Å². The number of imidazole rings is 1. The third kappa shape index (κ3) is 4.80. The Morgan fingerprint density at radius 1 is 0.951 bits per heavy atom. The largest absolute Gasteiger partial charge is 0.445 e. The molecular weight excluding hydrogens is 524 g/mol. The lowest BCUT2D eigenvalue weighted by atomic mass is 10.0. The Morgan fingerprint density at radius 3 is 2.34 bits per heavy atom. The van der Waals surface area contributed by atoms with Crippen molar-refractivity contribution in [3.05, 3.63) is 41.9 Å². The van der Waals surface area contributed by atoms with Crippen molar-refractivity contribution in [2.45, 2.75) is 39.2 Å². The second kappa shape index (κ2) is 10.4. The van der Waals surface area contributed by atoms with Gasteiger partial charge in [-0.15, -0.1) is 0 Å². The molecule has 4 aromatic rings. The van der Waals surface area contributed by atoms with E-state index in [1.807, 2.05) is 47.6 Å². The summed E-state index contributed by atoms with van der Waals surface area (Å²) in [6.45, 7) is 12.2. The molecule has 2 N–H and O–H groups in total. The molecule has 2 amide bonds. The van der Waals surface area contributed by atoms with E-state index in [2.05, 4.69) is 18.7 Å². The summed E-state index contributed by atoms with van der Waals surface area (Å²) < 4.78 is 13.8. The number of para-hydroxylation sites is 2. The minimum Gasteiger partial charge on any atom is -0.445 e. The summed E-state index contributed by atoms with van der Waals surface area (Å²) in [4.78, 5) is 46.2. The van der Waals surface area contributed by atoms with Gasteiger partial charge in [-0.2, -0.15) is 4.98 Å². The SMILES string of the molecule is CC(C)c1nc2ccccc2n1-c1nc(N2CCOCC2)c2oc(C(=O)N3CCN(C(C)(C)C(N)=O)CC3)cc2n1. The fraction of sp³-hybridized carbons (Fsp3) is 0.483. The number of nitrogens with two attached hydrogens (primary N) is 1. The summed E-state index contributed by atoms with van der Waals surface area (Å²) in [5.74, 6) is 1.72. The molecular formula is C29H36N8O4. The van der Waals surface area contributed by atoms with Crippen LogP contribution in [0.15, 0.2) is 34.7 Å². The van der Waals surface area contributed by atoms with Crippen LogP contribution in [0, 0.1) is 0 Å². The van der Waals surface area contributed by atoms with E-state index in [9.17, 15) is 9.59 Å². The molecule has 5 heterocycles. The van der Waals surface area contributed by atoms with Gasteiger partial charge in [0.25, 0.3) is 5.91 Å². The van der Waals surface area contributed by atoms with Crippen LogP contribution in [0.2, 0.25) is 0 Å². The summed E-state index contributed by atoms with van der Waals surface area (Å²) >= 11 is 0. The van der Waals surface area contributed by atoms with Crippen molar-refractivity contribution in [3.63, 3.8) is 0 Å². The van der Waals surface area contributed by atoms with E-state index in [4.69, 9.17) is 29.8 Å². The van der Waals surface area contributed by atoms with Crippen LogP contribution in [0.1, 0.15) is 50.0 Å². The number of ether oxygens (including phenoxy) is 1. The van der Waals surface area contributed by atoms with Crippen LogP contribution in [0.3, 0.4) is 0 Å². The summed E-state index contributed by atoms with van der Waals surface area (Å²) in [6, 6.07) is 9.65. The minimum atomic E-state index is -0.778. The number of anilines is 1. The third-order valence-electron chi connectivity index (χ3n) is 8.13. The van der Waals surface area contributed by atoms with Crippen LogP contribution in [-0.4, -0.2) is 99.2 Å². The van der Waals surface area contributed by atoms with Gasteiger partial charge in [0.1, 0.15) is 11.3 Å². The van der Waals surface area contributed by atoms with Gasteiger partial charge in [0.05, 0.1) is 29.8 Å². The first kappa shape index (κ1) is 27.2. The van der Waals surface area contributed by atoms with E-state index in [1.54, 1.807) is 11.0 Å². The molecule has 0 aliphatic carbocycles. The average Bonchev–Trinajstić information content (AvgIpc) is 3.59. The zero-order chi connectivity index (χ0) is 28.9. The maximum atomic E-state index is 13.6. The number of piperazine rings is 1. The van der Waals surface area contributed by atoms with E-state index < -0.39 is 5.54 Å². The summed E-state index contributed by atoms with van der Waals surface area (Å²) in [5, 5.41) is 0. The number of hydrogen-bond donors (Lipinski definition) is 1. The predicted molar refractivity (Wildman–Crippen MR) is 154 cm³/mol. The molecule has 0 unspecified atom stereocenters. The minimum absolute atomic E-state index is 0.133. The van der Waals surface area contributed by atoms with Crippen LogP contribution < -0.4 is 10.6 Å². The summed E-state index contributed by atoms with van der Waals surface area (Å²) in [5.41, 5.74) is 7.64. The van der Waals surface area contributed by atoms with Gasteiger partial charge in [-0.05, 0) is 26.0 Å². The standard InChI is InChI=1S/C29H36N8O4/c1-18(2)24-31-19-7-5-6-8-21(19)37(24)28-32-20-17-22(41-23(20)25(33-28)34-13-15-40-16-14-34)26(38)35-9-11-36(12-10-35)29(3,4)27(30)39/h5-8,17-18H,9-16H2,1-4H3,(H2,30,39). The smallest absolute Gasteiger partial charge is 0.289 e. The number of aromatic nitrogens is 4. The first-order valence-corrected chi connectivity index (χ1v) is 14.1.